The highest BCUT2D eigenvalue weighted by molar-refractivity contribution is 7.10. The minimum absolute atomic E-state index is 0.0190. The summed E-state index contributed by atoms with van der Waals surface area (Å²) in [5, 5.41) is 0. The van der Waals surface area contributed by atoms with E-state index in [4.69, 9.17) is 13.6 Å². The molecule has 12 heavy (non-hydrogen) atoms. The van der Waals surface area contributed by atoms with Gasteiger partial charge in [0.1, 0.15) is 18.2 Å². The van der Waals surface area contributed by atoms with Gasteiger partial charge in [0.15, 0.2) is 0 Å². The maximum Gasteiger partial charge on any atom is 0.124 e. The summed E-state index contributed by atoms with van der Waals surface area (Å²) in [4.78, 5) is 4.19. The molecule has 6 atom stereocenters. The van der Waals surface area contributed by atoms with Gasteiger partial charge < -0.3 is 13.6 Å². The lowest BCUT2D eigenvalue weighted by atomic mass is 10.1. The lowest BCUT2D eigenvalue weighted by Gasteiger charge is -2.19. The van der Waals surface area contributed by atoms with Crippen molar-refractivity contribution in [3.8, 4) is 0 Å². The van der Waals surface area contributed by atoms with Crippen LogP contribution in [0.3, 0.4) is 0 Å². The fourth-order valence-corrected chi connectivity index (χ4v) is 1.86. The maximum absolute atomic E-state index is 5.14. The van der Waals surface area contributed by atoms with Gasteiger partial charge in [0, 0.05) is 34.6 Å². The Hall–Kier alpha value is 0.840. The SMILES string of the molecule is POC[C@H]1N=C[C@H](OP)[C@@H]1OP. The molecule has 70 valence electrons. The van der Waals surface area contributed by atoms with Crippen molar-refractivity contribution in [2.75, 3.05) is 6.61 Å². The Balaban J connectivity index is 2.50. The molecule has 0 spiro atoms. The van der Waals surface area contributed by atoms with Crippen molar-refractivity contribution in [1.82, 2.24) is 0 Å². The predicted octanol–water partition coefficient (Wildman–Crippen LogP) is 0.597. The van der Waals surface area contributed by atoms with Gasteiger partial charge >= 0.3 is 0 Å². The first kappa shape index (κ1) is 10.9. The van der Waals surface area contributed by atoms with E-state index in [1.165, 1.54) is 0 Å². The number of hydrogen-bond acceptors (Lipinski definition) is 4. The van der Waals surface area contributed by atoms with E-state index in [1.807, 2.05) is 0 Å². The Bertz CT molecular complexity index is 168. The molecule has 1 rings (SSSR count). The average molecular weight is 227 g/mol. The topological polar surface area (TPSA) is 40.0 Å². The van der Waals surface area contributed by atoms with Crippen molar-refractivity contribution in [3.05, 3.63) is 0 Å². The number of rotatable bonds is 4. The van der Waals surface area contributed by atoms with Crippen LogP contribution in [0.4, 0.5) is 0 Å². The van der Waals surface area contributed by atoms with E-state index in [0.717, 1.165) is 0 Å². The molecule has 3 unspecified atom stereocenters. The second kappa shape index (κ2) is 5.54. The van der Waals surface area contributed by atoms with Gasteiger partial charge in [-0.3, -0.25) is 4.99 Å². The molecule has 0 aromatic rings. The molecule has 0 amide bonds. The normalized spacial score (nSPS) is 34.4. The van der Waals surface area contributed by atoms with Gasteiger partial charge in [-0.1, -0.05) is 0 Å². The molecule has 0 fully saturated rings. The van der Waals surface area contributed by atoms with Gasteiger partial charge in [-0.2, -0.15) is 0 Å². The van der Waals surface area contributed by atoms with Crippen LogP contribution in [0.5, 0.6) is 0 Å². The van der Waals surface area contributed by atoms with Gasteiger partial charge in [-0.15, -0.1) is 0 Å². The second-order valence-corrected chi connectivity index (χ2v) is 3.28. The van der Waals surface area contributed by atoms with E-state index >= 15 is 0 Å². The Morgan fingerprint density at radius 3 is 2.50 bits per heavy atom. The van der Waals surface area contributed by atoms with Gasteiger partial charge in [-0.25, -0.2) is 0 Å². The van der Waals surface area contributed by atoms with Crippen LogP contribution in [0.15, 0.2) is 4.99 Å². The van der Waals surface area contributed by atoms with E-state index in [0.29, 0.717) is 6.61 Å². The van der Waals surface area contributed by atoms with E-state index < -0.39 is 0 Å². The van der Waals surface area contributed by atoms with Gasteiger partial charge in [0.05, 0.1) is 6.61 Å². The highest BCUT2D eigenvalue weighted by Crippen LogP contribution is 2.21. The molecule has 0 aromatic carbocycles. The van der Waals surface area contributed by atoms with Crippen LogP contribution in [0.2, 0.25) is 0 Å². The van der Waals surface area contributed by atoms with E-state index in [2.05, 4.69) is 33.4 Å². The molecule has 0 radical (unpaired) electrons. The molecule has 1 heterocycles. The molecule has 0 N–H and O–H groups in total. The third-order valence-corrected chi connectivity index (χ3v) is 2.53. The molecular formula is C5H12NO3P3. The Kier molecular flexibility index (Phi) is 5.04. The lowest BCUT2D eigenvalue weighted by Crippen LogP contribution is -2.34. The van der Waals surface area contributed by atoms with Crippen molar-refractivity contribution in [1.29, 1.82) is 0 Å². The second-order valence-electron chi connectivity index (χ2n) is 2.40. The van der Waals surface area contributed by atoms with Crippen LogP contribution in [0.25, 0.3) is 0 Å². The third kappa shape index (κ3) is 2.42. The molecule has 0 saturated carbocycles. The zero-order chi connectivity index (χ0) is 8.97. The molecular weight excluding hydrogens is 215 g/mol. The molecule has 1 aliphatic rings. The van der Waals surface area contributed by atoms with Crippen molar-refractivity contribution >= 4 is 34.6 Å². The van der Waals surface area contributed by atoms with Crippen LogP contribution in [0, 0.1) is 0 Å². The fourth-order valence-electron chi connectivity index (χ4n) is 1.10. The van der Waals surface area contributed by atoms with Crippen LogP contribution >= 0.6 is 28.4 Å². The van der Waals surface area contributed by atoms with E-state index in [9.17, 15) is 0 Å². The zero-order valence-electron chi connectivity index (χ0n) is 6.42. The van der Waals surface area contributed by atoms with Crippen LogP contribution in [-0.2, 0) is 13.6 Å². The first-order valence-corrected chi connectivity index (χ1v) is 4.81. The summed E-state index contributed by atoms with van der Waals surface area (Å²) in [6.07, 6.45) is 1.56. The van der Waals surface area contributed by atoms with Gasteiger partial charge in [0.25, 0.3) is 0 Å². The van der Waals surface area contributed by atoms with Crippen LogP contribution in [0.1, 0.15) is 0 Å². The summed E-state index contributed by atoms with van der Waals surface area (Å²) in [7, 11) is 6.61. The molecule has 0 aromatic heterocycles. The number of nitrogens with zero attached hydrogens (tertiary/aromatic N) is 1. The smallest absolute Gasteiger partial charge is 0.124 e. The average Bonchev–Trinajstić information content (AvgIpc) is 2.47. The molecule has 4 nitrogen and oxygen atoms in total. The quantitative estimate of drug-likeness (QED) is 0.660. The summed E-state index contributed by atoms with van der Waals surface area (Å²) in [5.41, 5.74) is 0. The zero-order valence-corrected chi connectivity index (χ0v) is 9.88. The summed E-state index contributed by atoms with van der Waals surface area (Å²) in [5.74, 6) is 0. The molecule has 1 aliphatic heterocycles. The standard InChI is InChI=1S/C5H12NO3P3/c10-7-2-3-5(9-12)4(8-11)1-6-3/h1,3-5H,2,10-12H2/t3-,4+,5-/m1/s1. The van der Waals surface area contributed by atoms with Crippen molar-refractivity contribution in [2.45, 2.75) is 18.2 Å². The Morgan fingerprint density at radius 2 is 2.00 bits per heavy atom. The van der Waals surface area contributed by atoms with E-state index in [-0.39, 0.29) is 18.2 Å². The lowest BCUT2D eigenvalue weighted by molar-refractivity contribution is 0.105. The van der Waals surface area contributed by atoms with Gasteiger partial charge in [0.2, 0.25) is 0 Å². The first-order chi connectivity index (χ1) is 5.83. The summed E-state index contributed by atoms with van der Waals surface area (Å²) < 4.78 is 15.1. The maximum atomic E-state index is 5.14. The number of aliphatic imine (C=N–C) groups is 1. The first-order valence-electron chi connectivity index (χ1n) is 3.39. The summed E-state index contributed by atoms with van der Waals surface area (Å²) in [6, 6.07) is 0.0190. The van der Waals surface area contributed by atoms with Gasteiger partial charge in [-0.05, 0) is 0 Å². The van der Waals surface area contributed by atoms with Crippen LogP contribution < -0.4 is 0 Å². The minimum Gasteiger partial charge on any atom is -0.363 e. The monoisotopic (exact) mass is 227 g/mol. The fraction of sp³-hybridized carbons (Fsp3) is 0.800. The molecule has 7 heteroatoms. The summed E-state index contributed by atoms with van der Waals surface area (Å²) in [6.45, 7) is 0.519. The van der Waals surface area contributed by atoms with Crippen LogP contribution in [-0.4, -0.2) is 31.1 Å². The minimum atomic E-state index is -0.0994. The third-order valence-electron chi connectivity index (χ3n) is 1.71. The largest absolute Gasteiger partial charge is 0.363 e. The summed E-state index contributed by atoms with van der Waals surface area (Å²) >= 11 is 0. The highest BCUT2D eigenvalue weighted by atomic mass is 31.0. The van der Waals surface area contributed by atoms with E-state index in [1.54, 1.807) is 6.21 Å². The van der Waals surface area contributed by atoms with Crippen molar-refractivity contribution in [3.63, 3.8) is 0 Å². The van der Waals surface area contributed by atoms with Crippen molar-refractivity contribution in [2.24, 2.45) is 4.99 Å². The van der Waals surface area contributed by atoms with Crippen molar-refractivity contribution < 1.29 is 13.6 Å². The molecule has 0 aliphatic carbocycles. The molecule has 0 saturated heterocycles. The Labute approximate surface area is 78.7 Å². The predicted molar refractivity (Wildman–Crippen MR) is 57.1 cm³/mol. The highest BCUT2D eigenvalue weighted by Gasteiger charge is 2.33. The molecule has 0 bridgehead atoms. The Morgan fingerprint density at radius 1 is 1.25 bits per heavy atom. The number of hydrogen-bond donors (Lipinski definition) is 0.